The maximum atomic E-state index is 12.4. The summed E-state index contributed by atoms with van der Waals surface area (Å²) in [6.45, 7) is 5.53. The third kappa shape index (κ3) is 4.94. The first-order valence-corrected chi connectivity index (χ1v) is 9.21. The van der Waals surface area contributed by atoms with Crippen molar-refractivity contribution in [1.29, 1.82) is 0 Å². The second-order valence-corrected chi connectivity index (χ2v) is 7.70. The van der Waals surface area contributed by atoms with Crippen LogP contribution in [0.4, 0.5) is 11.5 Å². The van der Waals surface area contributed by atoms with Gasteiger partial charge in [-0.15, -0.1) is 0 Å². The standard InChI is InChI=1S/C17H24N4O2S/c1-13-5-7-16(11-14(13)2)24(22,23)20-17-8-6-15(12-19-17)18-9-10-21(3)4/h5-8,11-12,18H,9-10H2,1-4H3,(H,19,20). The third-order valence-electron chi connectivity index (χ3n) is 3.68. The van der Waals surface area contributed by atoms with Crippen molar-refractivity contribution in [2.24, 2.45) is 0 Å². The van der Waals surface area contributed by atoms with Gasteiger partial charge < -0.3 is 10.2 Å². The molecule has 130 valence electrons. The Balaban J connectivity index is 2.05. The Kier molecular flexibility index (Phi) is 5.80. The smallest absolute Gasteiger partial charge is 0.263 e. The molecule has 2 N–H and O–H groups in total. The fraction of sp³-hybridized carbons (Fsp3) is 0.353. The molecule has 1 heterocycles. The number of aryl methyl sites for hydroxylation is 2. The van der Waals surface area contributed by atoms with Crippen LogP contribution in [0.2, 0.25) is 0 Å². The SMILES string of the molecule is Cc1ccc(S(=O)(=O)Nc2ccc(NCCN(C)C)cn2)cc1C. The summed E-state index contributed by atoms with van der Waals surface area (Å²) in [5.41, 5.74) is 2.84. The zero-order valence-electron chi connectivity index (χ0n) is 14.5. The van der Waals surface area contributed by atoms with Gasteiger partial charge in [-0.25, -0.2) is 13.4 Å². The molecular weight excluding hydrogens is 324 g/mol. The third-order valence-corrected chi connectivity index (χ3v) is 5.03. The first-order chi connectivity index (χ1) is 11.3. The summed E-state index contributed by atoms with van der Waals surface area (Å²) in [5, 5.41) is 3.23. The minimum atomic E-state index is -3.63. The summed E-state index contributed by atoms with van der Waals surface area (Å²) in [7, 11) is 0.376. The number of pyridine rings is 1. The van der Waals surface area contributed by atoms with E-state index >= 15 is 0 Å². The van der Waals surface area contributed by atoms with Crippen LogP contribution in [0, 0.1) is 13.8 Å². The minimum absolute atomic E-state index is 0.237. The molecule has 6 nitrogen and oxygen atoms in total. The molecule has 2 rings (SSSR count). The highest BCUT2D eigenvalue weighted by atomic mass is 32.2. The molecule has 24 heavy (non-hydrogen) atoms. The Morgan fingerprint density at radius 1 is 1.08 bits per heavy atom. The number of sulfonamides is 1. The maximum absolute atomic E-state index is 12.4. The van der Waals surface area contributed by atoms with Crippen LogP contribution in [0.25, 0.3) is 0 Å². The average Bonchev–Trinajstić information content (AvgIpc) is 2.51. The van der Waals surface area contributed by atoms with E-state index in [1.165, 1.54) is 0 Å². The van der Waals surface area contributed by atoms with Crippen LogP contribution in [0.5, 0.6) is 0 Å². The molecular formula is C17H24N4O2S. The topological polar surface area (TPSA) is 74.3 Å². The molecule has 2 aromatic rings. The Morgan fingerprint density at radius 2 is 1.83 bits per heavy atom. The first kappa shape index (κ1) is 18.2. The van der Waals surface area contributed by atoms with E-state index < -0.39 is 10.0 Å². The van der Waals surface area contributed by atoms with Crippen molar-refractivity contribution in [3.63, 3.8) is 0 Å². The first-order valence-electron chi connectivity index (χ1n) is 7.72. The van der Waals surface area contributed by atoms with Crippen LogP contribution in [-0.4, -0.2) is 45.5 Å². The second-order valence-electron chi connectivity index (χ2n) is 6.01. The zero-order valence-corrected chi connectivity index (χ0v) is 15.3. The van der Waals surface area contributed by atoms with Crippen LogP contribution in [0.3, 0.4) is 0 Å². The highest BCUT2D eigenvalue weighted by Crippen LogP contribution is 2.18. The number of likely N-dealkylation sites (N-methyl/N-ethyl adjacent to an activating group) is 1. The quantitative estimate of drug-likeness (QED) is 0.804. The van der Waals surface area contributed by atoms with Gasteiger partial charge in [-0.3, -0.25) is 4.72 Å². The van der Waals surface area contributed by atoms with E-state index in [9.17, 15) is 8.42 Å². The number of hydrogen-bond acceptors (Lipinski definition) is 5. The van der Waals surface area contributed by atoms with Crippen molar-refractivity contribution < 1.29 is 8.42 Å². The molecule has 0 unspecified atom stereocenters. The highest BCUT2D eigenvalue weighted by molar-refractivity contribution is 7.92. The number of anilines is 2. The number of benzene rings is 1. The van der Waals surface area contributed by atoms with E-state index in [2.05, 4.69) is 19.9 Å². The molecule has 0 bridgehead atoms. The number of nitrogens with zero attached hydrogens (tertiary/aromatic N) is 2. The van der Waals surface area contributed by atoms with Crippen LogP contribution >= 0.6 is 0 Å². The molecule has 0 saturated carbocycles. The summed E-state index contributed by atoms with van der Waals surface area (Å²) in [6.07, 6.45) is 1.62. The molecule has 0 fully saturated rings. The lowest BCUT2D eigenvalue weighted by Crippen LogP contribution is -2.20. The van der Waals surface area contributed by atoms with E-state index in [1.807, 2.05) is 27.9 Å². The van der Waals surface area contributed by atoms with Crippen LogP contribution in [0.15, 0.2) is 41.4 Å². The lowest BCUT2D eigenvalue weighted by molar-refractivity contribution is 0.425. The van der Waals surface area contributed by atoms with Gasteiger partial charge in [0, 0.05) is 13.1 Å². The van der Waals surface area contributed by atoms with Gasteiger partial charge in [-0.1, -0.05) is 6.07 Å². The molecule has 0 amide bonds. The summed E-state index contributed by atoms with van der Waals surface area (Å²) in [4.78, 5) is 6.47. The van der Waals surface area contributed by atoms with Crippen molar-refractivity contribution in [3.8, 4) is 0 Å². The van der Waals surface area contributed by atoms with Crippen molar-refractivity contribution in [2.75, 3.05) is 37.2 Å². The lowest BCUT2D eigenvalue weighted by atomic mass is 10.1. The summed E-state index contributed by atoms with van der Waals surface area (Å²) < 4.78 is 27.4. The minimum Gasteiger partial charge on any atom is -0.383 e. The van der Waals surface area contributed by atoms with Gasteiger partial charge in [-0.05, 0) is 63.3 Å². The van der Waals surface area contributed by atoms with Gasteiger partial charge in [-0.2, -0.15) is 0 Å². The van der Waals surface area contributed by atoms with Gasteiger partial charge >= 0.3 is 0 Å². The summed E-state index contributed by atoms with van der Waals surface area (Å²) >= 11 is 0. The molecule has 0 aliphatic heterocycles. The number of nitrogens with one attached hydrogen (secondary N) is 2. The summed E-state index contributed by atoms with van der Waals surface area (Å²) in [5.74, 6) is 0.298. The largest absolute Gasteiger partial charge is 0.383 e. The second kappa shape index (κ2) is 7.63. The fourth-order valence-corrected chi connectivity index (χ4v) is 3.15. The van der Waals surface area contributed by atoms with Crippen LogP contribution in [0.1, 0.15) is 11.1 Å². The molecule has 1 aromatic heterocycles. The van der Waals surface area contributed by atoms with Crippen molar-refractivity contribution >= 4 is 21.5 Å². The average molecular weight is 348 g/mol. The number of aromatic nitrogens is 1. The highest BCUT2D eigenvalue weighted by Gasteiger charge is 2.15. The van der Waals surface area contributed by atoms with E-state index in [-0.39, 0.29) is 4.90 Å². The molecule has 0 aliphatic rings. The number of rotatable bonds is 7. The van der Waals surface area contributed by atoms with Crippen LogP contribution < -0.4 is 10.0 Å². The predicted octanol–water partition coefficient (Wildman–Crippen LogP) is 2.47. The van der Waals surface area contributed by atoms with E-state index in [0.29, 0.717) is 5.82 Å². The Morgan fingerprint density at radius 3 is 2.42 bits per heavy atom. The number of hydrogen-bond donors (Lipinski definition) is 2. The van der Waals surface area contributed by atoms with Crippen molar-refractivity contribution in [3.05, 3.63) is 47.7 Å². The van der Waals surface area contributed by atoms with E-state index in [4.69, 9.17) is 0 Å². The zero-order chi connectivity index (χ0) is 17.7. The van der Waals surface area contributed by atoms with E-state index in [0.717, 1.165) is 29.9 Å². The maximum Gasteiger partial charge on any atom is 0.263 e. The van der Waals surface area contributed by atoms with Crippen molar-refractivity contribution in [1.82, 2.24) is 9.88 Å². The monoisotopic (exact) mass is 348 g/mol. The van der Waals surface area contributed by atoms with Gasteiger partial charge in [0.25, 0.3) is 10.0 Å². The Labute approximate surface area is 144 Å². The normalized spacial score (nSPS) is 11.5. The predicted molar refractivity (Wildman–Crippen MR) is 98.0 cm³/mol. The fourth-order valence-electron chi connectivity index (χ4n) is 2.06. The molecule has 0 aliphatic carbocycles. The van der Waals surface area contributed by atoms with Gasteiger partial charge in [0.05, 0.1) is 16.8 Å². The molecule has 1 aromatic carbocycles. The molecule has 0 atom stereocenters. The van der Waals surface area contributed by atoms with Crippen LogP contribution in [-0.2, 0) is 10.0 Å². The van der Waals surface area contributed by atoms with Gasteiger partial charge in [0.2, 0.25) is 0 Å². The van der Waals surface area contributed by atoms with Gasteiger partial charge in [0.1, 0.15) is 5.82 Å². The Bertz CT molecular complexity index is 787. The molecule has 0 spiro atoms. The Hall–Kier alpha value is -2.12. The lowest BCUT2D eigenvalue weighted by Gasteiger charge is -2.12. The molecule has 7 heteroatoms. The van der Waals surface area contributed by atoms with E-state index in [1.54, 1.807) is 36.5 Å². The summed E-state index contributed by atoms with van der Waals surface area (Å²) in [6, 6.07) is 8.52. The molecule has 0 radical (unpaired) electrons. The van der Waals surface area contributed by atoms with Crippen molar-refractivity contribution in [2.45, 2.75) is 18.7 Å². The van der Waals surface area contributed by atoms with Gasteiger partial charge in [0.15, 0.2) is 0 Å². The molecule has 0 saturated heterocycles.